The van der Waals surface area contributed by atoms with Crippen molar-refractivity contribution in [1.29, 1.82) is 0 Å². The SMILES string of the molecule is C=CCSc1ccccc1NCc1ccc(C(=O)OC)o1. The van der Waals surface area contributed by atoms with E-state index >= 15 is 0 Å². The van der Waals surface area contributed by atoms with E-state index in [1.807, 2.05) is 24.3 Å². The smallest absolute Gasteiger partial charge is 0.373 e. The lowest BCUT2D eigenvalue weighted by Gasteiger charge is -2.09. The normalized spacial score (nSPS) is 10.1. The minimum absolute atomic E-state index is 0.212. The summed E-state index contributed by atoms with van der Waals surface area (Å²) in [7, 11) is 1.33. The largest absolute Gasteiger partial charge is 0.463 e. The Balaban J connectivity index is 2.01. The standard InChI is InChI=1S/C16H17NO3S/c1-3-10-21-15-7-5-4-6-13(15)17-11-12-8-9-14(20-12)16(18)19-2/h3-9,17H,1,10-11H2,2H3. The molecule has 0 radical (unpaired) electrons. The molecule has 1 aromatic heterocycles. The van der Waals surface area contributed by atoms with Crippen molar-refractivity contribution in [1.82, 2.24) is 0 Å². The molecule has 0 fully saturated rings. The van der Waals surface area contributed by atoms with Gasteiger partial charge in [0.05, 0.1) is 13.7 Å². The Kier molecular flexibility index (Phi) is 5.51. The third-order valence-corrected chi connectivity index (χ3v) is 3.81. The summed E-state index contributed by atoms with van der Waals surface area (Å²) in [6.07, 6.45) is 1.87. The summed E-state index contributed by atoms with van der Waals surface area (Å²) in [4.78, 5) is 12.5. The predicted molar refractivity (Wildman–Crippen MR) is 84.7 cm³/mol. The maximum Gasteiger partial charge on any atom is 0.373 e. The minimum atomic E-state index is -0.469. The molecule has 2 rings (SSSR count). The average Bonchev–Trinajstić information content (AvgIpc) is 3.00. The number of carbonyl (C=O) groups is 1. The van der Waals surface area contributed by atoms with Gasteiger partial charge in [-0.25, -0.2) is 4.79 Å². The number of benzene rings is 1. The van der Waals surface area contributed by atoms with Crippen molar-refractivity contribution >= 4 is 23.4 Å². The Bertz CT molecular complexity index is 621. The molecule has 0 amide bonds. The zero-order valence-electron chi connectivity index (χ0n) is 11.8. The number of thioether (sulfide) groups is 1. The van der Waals surface area contributed by atoms with Gasteiger partial charge in [-0.1, -0.05) is 18.2 Å². The summed E-state index contributed by atoms with van der Waals surface area (Å²) in [5, 5.41) is 3.31. The predicted octanol–water partition coefficient (Wildman–Crippen LogP) is 3.96. The van der Waals surface area contributed by atoms with Crippen LogP contribution in [-0.4, -0.2) is 18.8 Å². The molecule has 0 spiro atoms. The van der Waals surface area contributed by atoms with Gasteiger partial charge in [0.15, 0.2) is 0 Å². The van der Waals surface area contributed by atoms with Gasteiger partial charge >= 0.3 is 5.97 Å². The third-order valence-electron chi connectivity index (χ3n) is 2.75. The molecule has 0 saturated carbocycles. The van der Waals surface area contributed by atoms with E-state index in [9.17, 15) is 4.79 Å². The summed E-state index contributed by atoms with van der Waals surface area (Å²) in [5.41, 5.74) is 1.03. The Labute approximate surface area is 128 Å². The summed E-state index contributed by atoms with van der Waals surface area (Å²) in [6.45, 7) is 4.23. The molecular formula is C16H17NO3S. The second kappa shape index (κ2) is 7.59. The molecule has 1 heterocycles. The van der Waals surface area contributed by atoms with Crippen LogP contribution in [0, 0.1) is 0 Å². The van der Waals surface area contributed by atoms with E-state index in [0.717, 1.165) is 16.3 Å². The van der Waals surface area contributed by atoms with Crippen molar-refractivity contribution in [3.8, 4) is 0 Å². The summed E-state index contributed by atoms with van der Waals surface area (Å²) >= 11 is 1.71. The van der Waals surface area contributed by atoms with Crippen molar-refractivity contribution in [2.24, 2.45) is 0 Å². The molecule has 0 aliphatic rings. The molecule has 0 atom stereocenters. The van der Waals surface area contributed by atoms with Gasteiger partial charge in [0.1, 0.15) is 5.76 Å². The van der Waals surface area contributed by atoms with Crippen molar-refractivity contribution in [3.63, 3.8) is 0 Å². The van der Waals surface area contributed by atoms with E-state index < -0.39 is 5.97 Å². The van der Waals surface area contributed by atoms with Crippen LogP contribution in [0.15, 0.2) is 58.4 Å². The van der Waals surface area contributed by atoms with Crippen LogP contribution < -0.4 is 5.32 Å². The second-order valence-electron chi connectivity index (χ2n) is 4.21. The highest BCUT2D eigenvalue weighted by Crippen LogP contribution is 2.27. The Morgan fingerprint density at radius 3 is 2.95 bits per heavy atom. The summed E-state index contributed by atoms with van der Waals surface area (Å²) in [6, 6.07) is 11.4. The molecule has 4 nitrogen and oxygen atoms in total. The van der Waals surface area contributed by atoms with Crippen molar-refractivity contribution in [2.45, 2.75) is 11.4 Å². The van der Waals surface area contributed by atoms with Crippen LogP contribution >= 0.6 is 11.8 Å². The number of esters is 1. The maximum absolute atomic E-state index is 11.3. The first-order chi connectivity index (χ1) is 10.2. The number of methoxy groups -OCH3 is 1. The molecule has 0 saturated heterocycles. The number of nitrogens with one attached hydrogen (secondary N) is 1. The fraction of sp³-hybridized carbons (Fsp3) is 0.188. The van der Waals surface area contributed by atoms with Gasteiger partial charge in [-0.15, -0.1) is 18.3 Å². The fourth-order valence-electron chi connectivity index (χ4n) is 1.75. The third kappa shape index (κ3) is 4.16. The Hall–Kier alpha value is -2.14. The first-order valence-electron chi connectivity index (χ1n) is 6.48. The van der Waals surface area contributed by atoms with Crippen LogP contribution in [0.4, 0.5) is 5.69 Å². The number of anilines is 1. The highest BCUT2D eigenvalue weighted by atomic mass is 32.2. The van der Waals surface area contributed by atoms with E-state index in [1.165, 1.54) is 7.11 Å². The molecule has 110 valence electrons. The van der Waals surface area contributed by atoms with Gasteiger partial charge in [-0.3, -0.25) is 0 Å². The van der Waals surface area contributed by atoms with Gasteiger partial charge in [0, 0.05) is 16.3 Å². The number of furan rings is 1. The zero-order chi connectivity index (χ0) is 15.1. The lowest BCUT2D eigenvalue weighted by Crippen LogP contribution is -2.01. The van der Waals surface area contributed by atoms with Crippen LogP contribution in [0.3, 0.4) is 0 Å². The van der Waals surface area contributed by atoms with E-state index in [0.29, 0.717) is 12.3 Å². The van der Waals surface area contributed by atoms with Gasteiger partial charge in [-0.05, 0) is 24.3 Å². The van der Waals surface area contributed by atoms with Crippen LogP contribution in [0.2, 0.25) is 0 Å². The molecular weight excluding hydrogens is 286 g/mol. The molecule has 1 N–H and O–H groups in total. The molecule has 21 heavy (non-hydrogen) atoms. The average molecular weight is 303 g/mol. The monoisotopic (exact) mass is 303 g/mol. The van der Waals surface area contributed by atoms with E-state index in [1.54, 1.807) is 23.9 Å². The van der Waals surface area contributed by atoms with Crippen LogP contribution in [0.1, 0.15) is 16.3 Å². The number of rotatable bonds is 7. The van der Waals surface area contributed by atoms with Gasteiger partial charge in [-0.2, -0.15) is 0 Å². The lowest BCUT2D eigenvalue weighted by atomic mass is 10.3. The van der Waals surface area contributed by atoms with Gasteiger partial charge < -0.3 is 14.5 Å². The van der Waals surface area contributed by atoms with Crippen molar-refractivity contribution < 1.29 is 13.9 Å². The Morgan fingerprint density at radius 1 is 1.38 bits per heavy atom. The Morgan fingerprint density at radius 2 is 2.19 bits per heavy atom. The fourth-order valence-corrected chi connectivity index (χ4v) is 2.52. The summed E-state index contributed by atoms with van der Waals surface area (Å²) in [5.74, 6) is 1.28. The van der Waals surface area contributed by atoms with E-state index in [2.05, 4.69) is 22.7 Å². The van der Waals surface area contributed by atoms with E-state index in [-0.39, 0.29) is 5.76 Å². The molecule has 0 aliphatic carbocycles. The molecule has 1 aromatic carbocycles. The maximum atomic E-state index is 11.3. The first kappa shape index (κ1) is 15.3. The molecule has 0 unspecified atom stereocenters. The van der Waals surface area contributed by atoms with Gasteiger partial charge in [0.25, 0.3) is 0 Å². The van der Waals surface area contributed by atoms with Crippen molar-refractivity contribution in [2.75, 3.05) is 18.2 Å². The molecule has 5 heteroatoms. The number of hydrogen-bond donors (Lipinski definition) is 1. The number of para-hydroxylation sites is 1. The topological polar surface area (TPSA) is 51.5 Å². The van der Waals surface area contributed by atoms with Crippen LogP contribution in [-0.2, 0) is 11.3 Å². The minimum Gasteiger partial charge on any atom is -0.463 e. The zero-order valence-corrected chi connectivity index (χ0v) is 12.6. The van der Waals surface area contributed by atoms with E-state index in [4.69, 9.17) is 4.42 Å². The number of ether oxygens (including phenoxy) is 1. The number of hydrogen-bond acceptors (Lipinski definition) is 5. The second-order valence-corrected chi connectivity index (χ2v) is 5.27. The molecule has 2 aromatic rings. The van der Waals surface area contributed by atoms with Crippen LogP contribution in [0.25, 0.3) is 0 Å². The lowest BCUT2D eigenvalue weighted by molar-refractivity contribution is 0.0563. The summed E-state index contributed by atoms with van der Waals surface area (Å²) < 4.78 is 10.0. The van der Waals surface area contributed by atoms with Gasteiger partial charge in [0.2, 0.25) is 5.76 Å². The highest BCUT2D eigenvalue weighted by Gasteiger charge is 2.11. The highest BCUT2D eigenvalue weighted by molar-refractivity contribution is 7.99. The van der Waals surface area contributed by atoms with Crippen molar-refractivity contribution in [3.05, 3.63) is 60.6 Å². The quantitative estimate of drug-likeness (QED) is 0.477. The first-order valence-corrected chi connectivity index (χ1v) is 7.46. The molecule has 0 aliphatic heterocycles. The number of carbonyl (C=O) groups excluding carboxylic acids is 1. The molecule has 0 bridgehead atoms. The van der Waals surface area contributed by atoms with Crippen LogP contribution in [0.5, 0.6) is 0 Å².